The topological polar surface area (TPSA) is 82.4 Å². The van der Waals surface area contributed by atoms with Crippen molar-refractivity contribution >= 4 is 42.5 Å². The molecule has 0 unspecified atom stereocenters. The summed E-state index contributed by atoms with van der Waals surface area (Å²) in [6, 6.07) is 7.09. The molecule has 6 nitrogen and oxygen atoms in total. The predicted octanol–water partition coefficient (Wildman–Crippen LogP) is 2.52. The van der Waals surface area contributed by atoms with Gasteiger partial charge in [-0.2, -0.15) is 0 Å². The second-order valence-electron chi connectivity index (χ2n) is 6.02. The molecule has 0 aliphatic carbocycles. The minimum atomic E-state index is -3.71. The average Bonchev–Trinajstić information content (AvgIpc) is 2.53. The molecular weight excluding hydrogens is 410 g/mol. The van der Waals surface area contributed by atoms with E-state index in [1.54, 1.807) is 31.3 Å². The summed E-state index contributed by atoms with van der Waals surface area (Å²) in [5, 5.41) is 1.31. The van der Waals surface area contributed by atoms with E-state index in [-0.39, 0.29) is 25.1 Å². The highest BCUT2D eigenvalue weighted by Crippen LogP contribution is 2.24. The van der Waals surface area contributed by atoms with Crippen molar-refractivity contribution in [2.24, 2.45) is 0 Å². The first-order valence-electron chi connectivity index (χ1n) is 7.75. The Morgan fingerprint density at radius 1 is 1.32 bits per heavy atom. The van der Waals surface area contributed by atoms with Crippen molar-refractivity contribution in [1.82, 2.24) is 4.57 Å². The molecule has 1 atom stereocenters. The maximum atomic E-state index is 12.6. The van der Waals surface area contributed by atoms with Gasteiger partial charge in [-0.25, -0.2) is 8.42 Å². The average molecular weight is 430 g/mol. The van der Waals surface area contributed by atoms with Gasteiger partial charge < -0.3 is 9.30 Å². The maximum Gasteiger partial charge on any atom is 0.327 e. The molecule has 0 saturated carbocycles. The number of pyridine rings is 1. The first-order valence-corrected chi connectivity index (χ1v) is 10.4. The summed E-state index contributed by atoms with van der Waals surface area (Å²) < 4.78 is 29.8. The van der Waals surface area contributed by atoms with Gasteiger partial charge in [0.05, 0.1) is 6.61 Å². The molecule has 8 heteroatoms. The fourth-order valence-electron chi connectivity index (χ4n) is 2.49. The number of benzene rings is 1. The van der Waals surface area contributed by atoms with Gasteiger partial charge in [0, 0.05) is 28.9 Å². The molecule has 136 valence electrons. The number of nitrogens with zero attached hydrogens (tertiary/aromatic N) is 1. The van der Waals surface area contributed by atoms with Crippen LogP contribution >= 0.6 is 15.9 Å². The van der Waals surface area contributed by atoms with Crippen molar-refractivity contribution < 1.29 is 17.9 Å². The van der Waals surface area contributed by atoms with E-state index in [9.17, 15) is 18.0 Å². The number of rotatable bonds is 6. The number of halogens is 1. The summed E-state index contributed by atoms with van der Waals surface area (Å²) in [4.78, 5) is 24.8. The predicted molar refractivity (Wildman–Crippen MR) is 100 cm³/mol. The molecule has 0 spiro atoms. The summed E-state index contributed by atoms with van der Waals surface area (Å²) >= 11 is 3.36. The highest BCUT2D eigenvalue weighted by atomic mass is 79.9. The van der Waals surface area contributed by atoms with Crippen LogP contribution in [-0.4, -0.2) is 36.6 Å². The lowest BCUT2D eigenvalue weighted by atomic mass is 10.1. The van der Waals surface area contributed by atoms with Gasteiger partial charge in [0.15, 0.2) is 14.6 Å². The molecule has 1 aromatic heterocycles. The minimum absolute atomic E-state index is 0.0490. The summed E-state index contributed by atoms with van der Waals surface area (Å²) in [6.07, 6.45) is 2.56. The SMILES string of the molecule is CCOC(=O)[C@@](C)(CCn1ccc2cc(Br)ccc2c1=O)S(C)(=O)=O. The van der Waals surface area contributed by atoms with Crippen molar-refractivity contribution in [3.63, 3.8) is 0 Å². The third-order valence-electron chi connectivity index (χ3n) is 4.29. The summed E-state index contributed by atoms with van der Waals surface area (Å²) in [7, 11) is -3.71. The molecular formula is C17H20BrNO5S. The number of carbonyl (C=O) groups is 1. The van der Waals surface area contributed by atoms with Crippen molar-refractivity contribution in [2.75, 3.05) is 12.9 Å². The Morgan fingerprint density at radius 2 is 2.00 bits per heavy atom. The second-order valence-corrected chi connectivity index (χ2v) is 9.38. The number of ether oxygens (including phenoxy) is 1. The molecule has 0 radical (unpaired) electrons. The summed E-state index contributed by atoms with van der Waals surface area (Å²) in [5.74, 6) is -0.796. The van der Waals surface area contributed by atoms with Gasteiger partial charge in [-0.15, -0.1) is 0 Å². The van der Waals surface area contributed by atoms with Crippen LogP contribution in [-0.2, 0) is 25.9 Å². The second kappa shape index (κ2) is 7.29. The highest BCUT2D eigenvalue weighted by molar-refractivity contribution is 9.10. The first kappa shape index (κ1) is 19.7. The Morgan fingerprint density at radius 3 is 2.60 bits per heavy atom. The molecule has 1 aromatic carbocycles. The lowest BCUT2D eigenvalue weighted by Gasteiger charge is -2.25. The van der Waals surface area contributed by atoms with Crippen molar-refractivity contribution in [3.8, 4) is 0 Å². The molecule has 1 heterocycles. The van der Waals surface area contributed by atoms with Gasteiger partial charge in [-0.05, 0) is 49.9 Å². The Hall–Kier alpha value is -1.67. The van der Waals surface area contributed by atoms with Crippen molar-refractivity contribution in [1.29, 1.82) is 0 Å². The number of aromatic nitrogens is 1. The quantitative estimate of drug-likeness (QED) is 0.658. The maximum absolute atomic E-state index is 12.6. The minimum Gasteiger partial charge on any atom is -0.465 e. The Balaban J connectivity index is 2.37. The van der Waals surface area contributed by atoms with Crippen LogP contribution in [0.2, 0.25) is 0 Å². The fraction of sp³-hybridized carbons (Fsp3) is 0.412. The van der Waals surface area contributed by atoms with E-state index >= 15 is 0 Å². The van der Waals surface area contributed by atoms with Crippen LogP contribution in [0.1, 0.15) is 20.3 Å². The van der Waals surface area contributed by atoms with E-state index in [4.69, 9.17) is 4.74 Å². The van der Waals surface area contributed by atoms with Gasteiger partial charge >= 0.3 is 5.97 Å². The van der Waals surface area contributed by atoms with Crippen LogP contribution in [0, 0.1) is 0 Å². The molecule has 0 amide bonds. The normalized spacial score (nSPS) is 14.2. The van der Waals surface area contributed by atoms with E-state index in [0.29, 0.717) is 5.39 Å². The Labute approximate surface area is 154 Å². The summed E-state index contributed by atoms with van der Waals surface area (Å²) in [5.41, 5.74) is -0.232. The van der Waals surface area contributed by atoms with E-state index in [1.807, 2.05) is 6.07 Å². The number of esters is 1. The van der Waals surface area contributed by atoms with Crippen LogP contribution in [0.5, 0.6) is 0 Å². The van der Waals surface area contributed by atoms with Gasteiger partial charge in [-0.3, -0.25) is 9.59 Å². The zero-order valence-electron chi connectivity index (χ0n) is 14.3. The lowest BCUT2D eigenvalue weighted by Crippen LogP contribution is -2.45. The molecule has 0 N–H and O–H groups in total. The molecule has 2 rings (SSSR count). The van der Waals surface area contributed by atoms with Gasteiger partial charge in [0.2, 0.25) is 0 Å². The van der Waals surface area contributed by atoms with Gasteiger partial charge in [0.25, 0.3) is 5.56 Å². The van der Waals surface area contributed by atoms with Gasteiger partial charge in [0.1, 0.15) is 0 Å². The van der Waals surface area contributed by atoms with Crippen LogP contribution in [0.15, 0.2) is 39.7 Å². The third-order valence-corrected chi connectivity index (χ3v) is 6.80. The smallest absolute Gasteiger partial charge is 0.327 e. The zero-order valence-corrected chi connectivity index (χ0v) is 16.7. The zero-order chi connectivity index (χ0) is 18.8. The number of aryl methyl sites for hydroxylation is 1. The van der Waals surface area contributed by atoms with Crippen molar-refractivity contribution in [3.05, 3.63) is 45.3 Å². The molecule has 0 aliphatic heterocycles. The van der Waals surface area contributed by atoms with Crippen LogP contribution in [0.4, 0.5) is 0 Å². The third kappa shape index (κ3) is 3.95. The van der Waals surface area contributed by atoms with Crippen LogP contribution in [0.3, 0.4) is 0 Å². The van der Waals surface area contributed by atoms with Crippen molar-refractivity contribution in [2.45, 2.75) is 31.6 Å². The number of hydrogen-bond acceptors (Lipinski definition) is 5. The standard InChI is InChI=1S/C17H20BrNO5S/c1-4-24-16(21)17(2,25(3,22)23)8-10-19-9-7-12-11-13(18)5-6-14(12)15(19)20/h5-7,9,11H,4,8,10H2,1-3H3/t17-/m1/s1. The molecule has 0 aliphatic rings. The number of carbonyl (C=O) groups excluding carboxylic acids is 1. The fourth-order valence-corrected chi connectivity index (χ4v) is 3.69. The van der Waals surface area contributed by atoms with Gasteiger partial charge in [-0.1, -0.05) is 15.9 Å². The van der Waals surface area contributed by atoms with E-state index < -0.39 is 20.6 Å². The molecule has 2 aromatic rings. The number of fused-ring (bicyclic) bond motifs is 1. The molecule has 0 fully saturated rings. The van der Waals surface area contributed by atoms with Crippen LogP contribution in [0.25, 0.3) is 10.8 Å². The monoisotopic (exact) mass is 429 g/mol. The highest BCUT2D eigenvalue weighted by Gasteiger charge is 2.44. The number of sulfone groups is 1. The first-order chi connectivity index (χ1) is 11.6. The molecule has 0 bridgehead atoms. The Bertz CT molecular complexity index is 967. The van der Waals surface area contributed by atoms with E-state index in [1.165, 1.54) is 11.5 Å². The van der Waals surface area contributed by atoms with E-state index in [0.717, 1.165) is 16.1 Å². The summed E-state index contributed by atoms with van der Waals surface area (Å²) in [6.45, 7) is 3.14. The van der Waals surface area contributed by atoms with E-state index in [2.05, 4.69) is 15.9 Å². The molecule has 0 saturated heterocycles. The largest absolute Gasteiger partial charge is 0.465 e. The van der Waals surface area contributed by atoms with Crippen LogP contribution < -0.4 is 5.56 Å². The Kier molecular flexibility index (Phi) is 5.73. The molecule has 25 heavy (non-hydrogen) atoms. The lowest BCUT2D eigenvalue weighted by molar-refractivity contribution is -0.146. The number of hydrogen-bond donors (Lipinski definition) is 0.